The van der Waals surface area contributed by atoms with Gasteiger partial charge >= 0.3 is 0 Å². The Kier molecular flexibility index (Phi) is 2.19. The lowest BCUT2D eigenvalue weighted by Gasteiger charge is -2.26. The van der Waals surface area contributed by atoms with Crippen LogP contribution in [0.4, 0.5) is 5.82 Å². The van der Waals surface area contributed by atoms with E-state index in [1.54, 1.807) is 0 Å². The van der Waals surface area contributed by atoms with Crippen molar-refractivity contribution in [3.8, 4) is 0 Å². The first-order valence-corrected chi connectivity index (χ1v) is 4.81. The van der Waals surface area contributed by atoms with Crippen molar-refractivity contribution in [1.29, 1.82) is 0 Å². The molecule has 0 spiro atoms. The van der Waals surface area contributed by atoms with Crippen LogP contribution in [0.15, 0.2) is 23.2 Å². The summed E-state index contributed by atoms with van der Waals surface area (Å²) in [5.41, 5.74) is 5.47. The average molecular weight is 181 g/mol. The Balaban J connectivity index is 1.98. The Morgan fingerprint density at radius 2 is 2.33 bits per heavy atom. The minimum atomic E-state index is 0.589. The van der Waals surface area contributed by atoms with Crippen LogP contribution in [0, 0.1) is 0 Å². The summed E-state index contributed by atoms with van der Waals surface area (Å²) in [6, 6.07) is 3.86. The molecule has 1 aromatic rings. The highest BCUT2D eigenvalue weighted by Crippen LogP contribution is 2.24. The fourth-order valence-electron chi connectivity index (χ4n) is 0.999. The van der Waals surface area contributed by atoms with Gasteiger partial charge in [0.2, 0.25) is 0 Å². The molecule has 1 fully saturated rings. The molecule has 3 nitrogen and oxygen atoms in total. The Morgan fingerprint density at radius 3 is 2.83 bits per heavy atom. The maximum atomic E-state index is 5.47. The van der Waals surface area contributed by atoms with E-state index in [9.17, 15) is 0 Å². The van der Waals surface area contributed by atoms with Crippen LogP contribution in [-0.4, -0.2) is 23.3 Å². The van der Waals surface area contributed by atoms with Crippen LogP contribution in [-0.2, 0) is 0 Å². The highest BCUT2D eigenvalue weighted by molar-refractivity contribution is 8.00. The Hall–Kier alpha value is -0.740. The van der Waals surface area contributed by atoms with Gasteiger partial charge in [0.25, 0.3) is 0 Å². The van der Waals surface area contributed by atoms with E-state index >= 15 is 0 Å². The molecule has 0 bridgehead atoms. The first-order chi connectivity index (χ1) is 5.84. The smallest absolute Gasteiger partial charge is 0.123 e. The third-order valence-corrected chi connectivity index (χ3v) is 2.99. The highest BCUT2D eigenvalue weighted by Gasteiger charge is 2.17. The van der Waals surface area contributed by atoms with Crippen LogP contribution >= 0.6 is 11.8 Å². The van der Waals surface area contributed by atoms with Gasteiger partial charge in [-0.3, -0.25) is 0 Å². The molecule has 0 radical (unpaired) electrons. The maximum Gasteiger partial charge on any atom is 0.123 e. The molecule has 1 saturated heterocycles. The molecular weight excluding hydrogens is 170 g/mol. The molecule has 0 amide bonds. The second-order valence-electron chi connectivity index (χ2n) is 2.82. The number of rotatable bonds is 2. The summed E-state index contributed by atoms with van der Waals surface area (Å²) in [5.74, 6) is 0.589. The molecule has 0 aliphatic carbocycles. The SMILES string of the molecule is Nc1ccc(SC2CNC2)cn1. The lowest BCUT2D eigenvalue weighted by Crippen LogP contribution is -2.44. The molecule has 1 aliphatic heterocycles. The fourth-order valence-corrected chi connectivity index (χ4v) is 2.05. The standard InChI is InChI=1S/C8H11N3S/c9-8-2-1-6(5-11-8)12-7-3-10-4-7/h1-2,5,7,10H,3-4H2,(H2,9,11). The Morgan fingerprint density at radius 1 is 1.50 bits per heavy atom. The topological polar surface area (TPSA) is 50.9 Å². The van der Waals surface area contributed by atoms with E-state index in [0.29, 0.717) is 5.82 Å². The number of nitrogens with zero attached hydrogens (tertiary/aromatic N) is 1. The Bertz CT molecular complexity index is 256. The first kappa shape index (κ1) is 7.89. The summed E-state index contributed by atoms with van der Waals surface area (Å²) in [6.45, 7) is 2.21. The van der Waals surface area contributed by atoms with Gasteiger partial charge in [-0.25, -0.2) is 4.98 Å². The van der Waals surface area contributed by atoms with Gasteiger partial charge in [0.1, 0.15) is 5.82 Å². The predicted molar refractivity (Wildman–Crippen MR) is 51.2 cm³/mol. The van der Waals surface area contributed by atoms with Crippen LogP contribution in [0.5, 0.6) is 0 Å². The van der Waals surface area contributed by atoms with E-state index in [2.05, 4.69) is 10.3 Å². The third-order valence-electron chi connectivity index (χ3n) is 1.81. The molecule has 3 N–H and O–H groups in total. The van der Waals surface area contributed by atoms with Gasteiger partial charge in [-0.1, -0.05) is 0 Å². The van der Waals surface area contributed by atoms with E-state index in [1.807, 2.05) is 30.1 Å². The quantitative estimate of drug-likeness (QED) is 0.706. The van der Waals surface area contributed by atoms with E-state index in [-0.39, 0.29) is 0 Å². The fraction of sp³-hybridized carbons (Fsp3) is 0.375. The van der Waals surface area contributed by atoms with Crippen molar-refractivity contribution in [3.05, 3.63) is 18.3 Å². The largest absolute Gasteiger partial charge is 0.384 e. The summed E-state index contributed by atoms with van der Waals surface area (Å²) in [4.78, 5) is 5.23. The molecule has 1 aliphatic rings. The molecule has 0 atom stereocenters. The molecule has 0 saturated carbocycles. The van der Waals surface area contributed by atoms with Gasteiger partial charge in [0.15, 0.2) is 0 Å². The summed E-state index contributed by atoms with van der Waals surface area (Å²) < 4.78 is 0. The molecule has 12 heavy (non-hydrogen) atoms. The summed E-state index contributed by atoms with van der Waals surface area (Å²) in [6.07, 6.45) is 1.83. The van der Waals surface area contributed by atoms with Crippen LogP contribution in [0.3, 0.4) is 0 Å². The lowest BCUT2D eigenvalue weighted by atomic mass is 10.3. The van der Waals surface area contributed by atoms with E-state index in [0.717, 1.165) is 18.3 Å². The van der Waals surface area contributed by atoms with Crippen molar-refractivity contribution in [2.75, 3.05) is 18.8 Å². The zero-order chi connectivity index (χ0) is 8.39. The number of nitrogen functional groups attached to an aromatic ring is 1. The number of thioether (sulfide) groups is 1. The van der Waals surface area contributed by atoms with Crippen LogP contribution in [0.25, 0.3) is 0 Å². The van der Waals surface area contributed by atoms with Crippen molar-refractivity contribution < 1.29 is 0 Å². The Labute approximate surface area is 75.8 Å². The molecule has 64 valence electrons. The number of hydrogen-bond donors (Lipinski definition) is 2. The highest BCUT2D eigenvalue weighted by atomic mass is 32.2. The minimum absolute atomic E-state index is 0.589. The molecule has 1 aromatic heterocycles. The number of aromatic nitrogens is 1. The average Bonchev–Trinajstić information content (AvgIpc) is 2.00. The number of pyridine rings is 1. The first-order valence-electron chi connectivity index (χ1n) is 3.93. The monoisotopic (exact) mass is 181 g/mol. The zero-order valence-electron chi connectivity index (χ0n) is 6.66. The number of anilines is 1. The number of hydrogen-bond acceptors (Lipinski definition) is 4. The molecule has 4 heteroatoms. The second-order valence-corrected chi connectivity index (χ2v) is 4.19. The summed E-state index contributed by atoms with van der Waals surface area (Å²) in [7, 11) is 0. The maximum absolute atomic E-state index is 5.47. The van der Waals surface area contributed by atoms with Gasteiger partial charge in [-0.2, -0.15) is 0 Å². The van der Waals surface area contributed by atoms with Crippen molar-refractivity contribution >= 4 is 17.6 Å². The molecule has 0 unspecified atom stereocenters. The van der Waals surface area contributed by atoms with Crippen molar-refractivity contribution in [1.82, 2.24) is 10.3 Å². The van der Waals surface area contributed by atoms with Gasteiger partial charge in [-0.15, -0.1) is 11.8 Å². The van der Waals surface area contributed by atoms with Crippen molar-refractivity contribution in [2.24, 2.45) is 0 Å². The molecular formula is C8H11N3S. The third kappa shape index (κ3) is 1.70. The predicted octanol–water partition coefficient (Wildman–Crippen LogP) is 0.728. The van der Waals surface area contributed by atoms with Crippen molar-refractivity contribution in [3.63, 3.8) is 0 Å². The molecule has 2 rings (SSSR count). The zero-order valence-corrected chi connectivity index (χ0v) is 7.47. The van der Waals surface area contributed by atoms with Gasteiger partial charge < -0.3 is 11.1 Å². The summed E-state index contributed by atoms with van der Waals surface area (Å²) >= 11 is 1.86. The molecule has 2 heterocycles. The van der Waals surface area contributed by atoms with Crippen LogP contribution in [0.2, 0.25) is 0 Å². The van der Waals surface area contributed by atoms with E-state index < -0.39 is 0 Å². The van der Waals surface area contributed by atoms with Gasteiger partial charge in [0.05, 0.1) is 0 Å². The number of nitrogens with two attached hydrogens (primary N) is 1. The lowest BCUT2D eigenvalue weighted by molar-refractivity contribution is 0.544. The minimum Gasteiger partial charge on any atom is -0.384 e. The normalized spacial score (nSPS) is 17.3. The van der Waals surface area contributed by atoms with Crippen LogP contribution < -0.4 is 11.1 Å². The van der Waals surface area contributed by atoms with Crippen molar-refractivity contribution in [2.45, 2.75) is 10.1 Å². The second kappa shape index (κ2) is 3.33. The number of nitrogens with one attached hydrogen (secondary N) is 1. The van der Waals surface area contributed by atoms with E-state index in [1.165, 1.54) is 4.90 Å². The van der Waals surface area contributed by atoms with Gasteiger partial charge in [0, 0.05) is 29.4 Å². The molecule has 0 aromatic carbocycles. The van der Waals surface area contributed by atoms with E-state index in [4.69, 9.17) is 5.73 Å². The van der Waals surface area contributed by atoms with Crippen LogP contribution in [0.1, 0.15) is 0 Å². The summed E-state index contributed by atoms with van der Waals surface area (Å²) in [5, 5.41) is 3.94. The van der Waals surface area contributed by atoms with Gasteiger partial charge in [-0.05, 0) is 12.1 Å².